The number of aliphatic hydroxyl groups is 1. The van der Waals surface area contributed by atoms with E-state index in [1.807, 2.05) is 6.92 Å². The fourth-order valence-electron chi connectivity index (χ4n) is 1.41. The molecule has 0 aromatic heterocycles. The van der Waals surface area contributed by atoms with Crippen molar-refractivity contribution in [2.45, 2.75) is 19.1 Å². The first-order chi connectivity index (χ1) is 6.17. The van der Waals surface area contributed by atoms with Crippen molar-refractivity contribution in [2.75, 3.05) is 19.7 Å². The first-order valence-electron chi connectivity index (χ1n) is 4.22. The number of aliphatic hydroxyl groups excluding tert-OH is 1. The summed E-state index contributed by atoms with van der Waals surface area (Å²) in [5, 5.41) is 12.3. The summed E-state index contributed by atoms with van der Waals surface area (Å²) < 4.78 is 5.42. The van der Waals surface area contributed by atoms with Crippen molar-refractivity contribution in [2.24, 2.45) is 16.7 Å². The van der Waals surface area contributed by atoms with Crippen molar-refractivity contribution in [3.63, 3.8) is 0 Å². The number of hydrazone groups is 1. The molecule has 0 spiro atoms. The molecule has 6 nitrogen and oxygen atoms in total. The maximum Gasteiger partial charge on any atom is 0.213 e. The van der Waals surface area contributed by atoms with Crippen LogP contribution in [0.3, 0.4) is 0 Å². The monoisotopic (exact) mass is 188 g/mol. The van der Waals surface area contributed by atoms with Gasteiger partial charge in [0.2, 0.25) is 5.96 Å². The third-order valence-electron chi connectivity index (χ3n) is 1.99. The minimum atomic E-state index is -0.205. The van der Waals surface area contributed by atoms with Gasteiger partial charge in [0.05, 0.1) is 18.8 Å². The standard InChI is InChI=1S/C7H16N4O2/c1-5-2-11(7(8)10-9)3-6(4-12)13-5/h5-6,12H,2-4,9H2,1H3,(H2,8,10). The molecule has 1 fully saturated rings. The lowest BCUT2D eigenvalue weighted by Gasteiger charge is -2.36. The molecule has 13 heavy (non-hydrogen) atoms. The molecule has 2 atom stereocenters. The van der Waals surface area contributed by atoms with Gasteiger partial charge < -0.3 is 26.3 Å². The average Bonchev–Trinajstić information content (AvgIpc) is 2.15. The van der Waals surface area contributed by atoms with Crippen LogP contribution in [0.25, 0.3) is 0 Å². The molecule has 1 aliphatic heterocycles. The molecule has 0 aliphatic carbocycles. The molecule has 6 heteroatoms. The quantitative estimate of drug-likeness (QED) is 0.196. The van der Waals surface area contributed by atoms with Crippen LogP contribution in [0.1, 0.15) is 6.92 Å². The number of hydrogen-bond acceptors (Lipinski definition) is 4. The summed E-state index contributed by atoms with van der Waals surface area (Å²) in [4.78, 5) is 1.80. The highest BCUT2D eigenvalue weighted by molar-refractivity contribution is 5.77. The molecule has 0 radical (unpaired) electrons. The van der Waals surface area contributed by atoms with E-state index in [9.17, 15) is 0 Å². The molecule has 1 aliphatic rings. The molecule has 76 valence electrons. The van der Waals surface area contributed by atoms with Gasteiger partial charge in [0.1, 0.15) is 0 Å². The SMILES string of the molecule is CC1CN(C(N)=NN)CC(CO)O1. The highest BCUT2D eigenvalue weighted by Crippen LogP contribution is 2.09. The molecule has 2 unspecified atom stereocenters. The molecular weight excluding hydrogens is 172 g/mol. The lowest BCUT2D eigenvalue weighted by atomic mass is 10.2. The summed E-state index contributed by atoms with van der Waals surface area (Å²) in [6, 6.07) is 0. The van der Waals surface area contributed by atoms with Gasteiger partial charge in [0.15, 0.2) is 0 Å². The third kappa shape index (κ3) is 2.46. The van der Waals surface area contributed by atoms with Crippen molar-refractivity contribution < 1.29 is 9.84 Å². The second kappa shape index (κ2) is 4.29. The normalized spacial score (nSPS) is 30.6. The Morgan fingerprint density at radius 1 is 1.69 bits per heavy atom. The fourth-order valence-corrected chi connectivity index (χ4v) is 1.41. The van der Waals surface area contributed by atoms with Gasteiger partial charge in [-0.15, -0.1) is 5.10 Å². The van der Waals surface area contributed by atoms with Crippen LogP contribution in [0.4, 0.5) is 0 Å². The summed E-state index contributed by atoms with van der Waals surface area (Å²) in [7, 11) is 0. The highest BCUT2D eigenvalue weighted by atomic mass is 16.5. The largest absolute Gasteiger partial charge is 0.394 e. The van der Waals surface area contributed by atoms with Gasteiger partial charge in [-0.25, -0.2) is 0 Å². The van der Waals surface area contributed by atoms with Gasteiger partial charge in [0.25, 0.3) is 0 Å². The van der Waals surface area contributed by atoms with Crippen LogP contribution in [0.15, 0.2) is 5.10 Å². The minimum Gasteiger partial charge on any atom is -0.394 e. The average molecular weight is 188 g/mol. The summed E-state index contributed by atoms with van der Waals surface area (Å²) in [5.41, 5.74) is 5.54. The van der Waals surface area contributed by atoms with E-state index in [4.69, 9.17) is 21.4 Å². The molecule has 0 aromatic carbocycles. The van der Waals surface area contributed by atoms with E-state index in [2.05, 4.69) is 5.10 Å². The smallest absolute Gasteiger partial charge is 0.213 e. The van der Waals surface area contributed by atoms with E-state index in [-0.39, 0.29) is 24.8 Å². The summed E-state index contributed by atoms with van der Waals surface area (Å²) in [6.45, 7) is 3.09. The van der Waals surface area contributed by atoms with Crippen molar-refractivity contribution >= 4 is 5.96 Å². The van der Waals surface area contributed by atoms with Crippen LogP contribution < -0.4 is 11.6 Å². The molecule has 0 amide bonds. The first-order valence-corrected chi connectivity index (χ1v) is 4.22. The van der Waals surface area contributed by atoms with E-state index >= 15 is 0 Å². The van der Waals surface area contributed by atoms with E-state index in [1.165, 1.54) is 0 Å². The van der Waals surface area contributed by atoms with Gasteiger partial charge in [-0.2, -0.15) is 0 Å². The van der Waals surface area contributed by atoms with Crippen LogP contribution in [0, 0.1) is 0 Å². The van der Waals surface area contributed by atoms with Crippen LogP contribution in [0.5, 0.6) is 0 Å². The minimum absolute atomic E-state index is 0.0152. The Hall–Kier alpha value is -1.01. The molecular formula is C7H16N4O2. The lowest BCUT2D eigenvalue weighted by molar-refractivity contribution is -0.0787. The maximum absolute atomic E-state index is 8.92. The second-order valence-electron chi connectivity index (χ2n) is 3.14. The van der Waals surface area contributed by atoms with Crippen LogP contribution >= 0.6 is 0 Å². The molecule has 0 aromatic rings. The number of nitrogens with zero attached hydrogens (tertiary/aromatic N) is 2. The fraction of sp³-hybridized carbons (Fsp3) is 0.857. The zero-order chi connectivity index (χ0) is 9.84. The van der Waals surface area contributed by atoms with Crippen molar-refractivity contribution in [3.05, 3.63) is 0 Å². The van der Waals surface area contributed by atoms with Crippen LogP contribution in [0.2, 0.25) is 0 Å². The van der Waals surface area contributed by atoms with Crippen molar-refractivity contribution in [1.29, 1.82) is 0 Å². The Morgan fingerprint density at radius 2 is 2.38 bits per heavy atom. The number of ether oxygens (including phenoxy) is 1. The zero-order valence-corrected chi connectivity index (χ0v) is 7.68. The third-order valence-corrected chi connectivity index (χ3v) is 1.99. The van der Waals surface area contributed by atoms with Crippen LogP contribution in [-0.4, -0.2) is 47.9 Å². The Labute approximate surface area is 77.1 Å². The van der Waals surface area contributed by atoms with Gasteiger partial charge in [0, 0.05) is 13.1 Å². The van der Waals surface area contributed by atoms with Gasteiger partial charge in [-0.05, 0) is 6.92 Å². The number of guanidine groups is 1. The lowest BCUT2D eigenvalue weighted by Crippen LogP contribution is -2.52. The molecule has 1 rings (SSSR count). The second-order valence-corrected chi connectivity index (χ2v) is 3.14. The van der Waals surface area contributed by atoms with E-state index in [0.29, 0.717) is 13.1 Å². The first kappa shape index (κ1) is 10.1. The molecule has 0 saturated carbocycles. The predicted octanol–water partition coefficient (Wildman–Crippen LogP) is -1.74. The van der Waals surface area contributed by atoms with E-state index < -0.39 is 0 Å². The number of nitrogens with two attached hydrogens (primary N) is 2. The Bertz CT molecular complexity index is 197. The van der Waals surface area contributed by atoms with Gasteiger partial charge >= 0.3 is 0 Å². The van der Waals surface area contributed by atoms with Gasteiger partial charge in [-0.1, -0.05) is 0 Å². The molecule has 1 heterocycles. The Balaban J connectivity index is 2.56. The molecule has 5 N–H and O–H groups in total. The number of morpholine rings is 1. The molecule has 1 saturated heterocycles. The Morgan fingerprint density at radius 3 is 2.92 bits per heavy atom. The van der Waals surface area contributed by atoms with Crippen molar-refractivity contribution in [3.8, 4) is 0 Å². The zero-order valence-electron chi connectivity index (χ0n) is 7.68. The predicted molar refractivity (Wildman–Crippen MR) is 48.8 cm³/mol. The van der Waals surface area contributed by atoms with E-state index in [1.54, 1.807) is 4.90 Å². The number of hydrogen-bond donors (Lipinski definition) is 3. The topological polar surface area (TPSA) is 97.1 Å². The molecule has 0 bridgehead atoms. The number of rotatable bonds is 1. The summed E-state index contributed by atoms with van der Waals surface area (Å²) >= 11 is 0. The van der Waals surface area contributed by atoms with Gasteiger partial charge in [-0.3, -0.25) is 0 Å². The van der Waals surface area contributed by atoms with Crippen LogP contribution in [-0.2, 0) is 4.74 Å². The maximum atomic E-state index is 8.92. The highest BCUT2D eigenvalue weighted by Gasteiger charge is 2.25. The van der Waals surface area contributed by atoms with E-state index in [0.717, 1.165) is 0 Å². The van der Waals surface area contributed by atoms with Crippen molar-refractivity contribution in [1.82, 2.24) is 4.90 Å². The summed E-state index contributed by atoms with van der Waals surface area (Å²) in [6.07, 6.45) is -0.171. The Kier molecular flexibility index (Phi) is 3.32. The summed E-state index contributed by atoms with van der Waals surface area (Å²) in [5.74, 6) is 5.34.